The molecule has 1 saturated heterocycles. The third kappa shape index (κ3) is 13.1. The molecule has 0 aliphatic carbocycles. The molecule has 15 heteroatoms. The van der Waals surface area contributed by atoms with Crippen molar-refractivity contribution < 1.29 is 38.5 Å². The average Bonchev–Trinajstić information content (AvgIpc) is 3.92. The highest BCUT2D eigenvalue weighted by Crippen LogP contribution is 2.54. The zero-order valence-electron chi connectivity index (χ0n) is 38.5. The first-order valence-corrected chi connectivity index (χ1v) is 23.8. The summed E-state index contributed by atoms with van der Waals surface area (Å²) in [5.41, 5.74) is 6.95. The minimum absolute atomic E-state index is 0.0355. The lowest BCUT2D eigenvalue weighted by Crippen LogP contribution is -2.61. The van der Waals surface area contributed by atoms with E-state index in [4.69, 9.17) is 14.2 Å². The molecular formula is C51H61N5O8S2. The number of thioether (sulfide) groups is 1. The average molecular weight is 936 g/mol. The third-order valence-electron chi connectivity index (χ3n) is 11.0. The lowest BCUT2D eigenvalue weighted by molar-refractivity contribution is -0.142. The SMILES string of the molecule is Cc1ncsc1-c1ccc(CNC(=O)[C@@H]2C[C@@H](O)CN2C(=O)[C@@H](NC(=O)COCCOCCNC(=O)OC(C)(C)C)C(C)(C)SC(c2ccccc2)(c2ccccc2)c2ccccc2)cc1. The van der Waals surface area contributed by atoms with Crippen LogP contribution in [0.3, 0.4) is 0 Å². The summed E-state index contributed by atoms with van der Waals surface area (Å²) in [5, 5.41) is 19.7. The predicted octanol–water partition coefficient (Wildman–Crippen LogP) is 7.24. The normalized spacial score (nSPS) is 15.8. The number of aromatic nitrogens is 1. The lowest BCUT2D eigenvalue weighted by Gasteiger charge is -2.45. The first kappa shape index (κ1) is 49.8. The van der Waals surface area contributed by atoms with Crippen molar-refractivity contribution in [2.24, 2.45) is 0 Å². The number of aryl methyl sites for hydroxylation is 1. The number of hydrogen-bond donors (Lipinski definition) is 4. The lowest BCUT2D eigenvalue weighted by atomic mass is 9.84. The number of rotatable bonds is 20. The van der Waals surface area contributed by atoms with E-state index in [0.717, 1.165) is 38.4 Å². The molecule has 6 rings (SSSR count). The van der Waals surface area contributed by atoms with E-state index in [1.165, 1.54) is 16.7 Å². The Kier molecular flexibility index (Phi) is 17.2. The van der Waals surface area contributed by atoms with Crippen LogP contribution in [-0.2, 0) is 39.9 Å². The summed E-state index contributed by atoms with van der Waals surface area (Å²) in [7, 11) is 0. The Morgan fingerprint density at radius 1 is 0.803 bits per heavy atom. The second-order valence-corrected chi connectivity index (χ2v) is 20.4. The molecular weight excluding hydrogens is 875 g/mol. The van der Waals surface area contributed by atoms with Crippen LogP contribution < -0.4 is 16.0 Å². The molecule has 13 nitrogen and oxygen atoms in total. The van der Waals surface area contributed by atoms with Crippen molar-refractivity contribution in [2.45, 2.75) is 87.8 Å². The number of nitrogens with one attached hydrogen (secondary N) is 3. The fourth-order valence-corrected chi connectivity index (χ4v) is 10.6. The highest BCUT2D eigenvalue weighted by Gasteiger charge is 2.50. The van der Waals surface area contributed by atoms with Gasteiger partial charge < -0.3 is 40.2 Å². The van der Waals surface area contributed by atoms with Crippen molar-refractivity contribution in [3.63, 3.8) is 0 Å². The van der Waals surface area contributed by atoms with E-state index in [0.29, 0.717) is 0 Å². The highest BCUT2D eigenvalue weighted by atomic mass is 32.2. The fourth-order valence-electron chi connectivity index (χ4n) is 7.94. The molecule has 66 heavy (non-hydrogen) atoms. The molecule has 1 fully saturated rings. The molecule has 0 spiro atoms. The van der Waals surface area contributed by atoms with E-state index in [2.05, 4.69) is 57.3 Å². The van der Waals surface area contributed by atoms with Crippen LogP contribution >= 0.6 is 23.1 Å². The number of carbonyl (C=O) groups is 4. The topological polar surface area (TPSA) is 168 Å². The monoisotopic (exact) mass is 935 g/mol. The highest BCUT2D eigenvalue weighted by molar-refractivity contribution is 8.02. The Morgan fingerprint density at radius 2 is 1.38 bits per heavy atom. The van der Waals surface area contributed by atoms with E-state index in [-0.39, 0.29) is 52.5 Å². The molecule has 0 saturated carbocycles. The van der Waals surface area contributed by atoms with E-state index in [1.807, 2.05) is 105 Å². The molecule has 350 valence electrons. The van der Waals surface area contributed by atoms with Crippen LogP contribution in [0.2, 0.25) is 0 Å². The van der Waals surface area contributed by atoms with Crippen molar-refractivity contribution in [3.8, 4) is 10.4 Å². The number of aliphatic hydroxyl groups excluding tert-OH is 1. The zero-order valence-corrected chi connectivity index (χ0v) is 40.1. The Hall–Kier alpha value is -5.58. The summed E-state index contributed by atoms with van der Waals surface area (Å²) in [6.07, 6.45) is -1.47. The van der Waals surface area contributed by atoms with Gasteiger partial charge in [-0.15, -0.1) is 23.1 Å². The molecule has 0 unspecified atom stereocenters. The van der Waals surface area contributed by atoms with E-state index >= 15 is 4.79 Å². The number of nitrogens with zero attached hydrogens (tertiary/aromatic N) is 2. The van der Waals surface area contributed by atoms with Crippen molar-refractivity contribution in [2.75, 3.05) is 39.5 Å². The van der Waals surface area contributed by atoms with Gasteiger partial charge in [0.05, 0.1) is 46.8 Å². The van der Waals surface area contributed by atoms with E-state index < -0.39 is 57.1 Å². The molecule has 1 aliphatic rings. The maximum atomic E-state index is 15.2. The quantitative estimate of drug-likeness (QED) is 0.0461. The summed E-state index contributed by atoms with van der Waals surface area (Å²) in [5.74, 6) is -1.46. The molecule has 4 aromatic carbocycles. The summed E-state index contributed by atoms with van der Waals surface area (Å²) < 4.78 is 14.6. The number of β-amino-alcohol motifs (C(OH)–C–C–N with tert-alkyl or cyclic N) is 1. The van der Waals surface area contributed by atoms with Crippen LogP contribution in [0.4, 0.5) is 4.79 Å². The molecule has 0 radical (unpaired) electrons. The number of benzene rings is 4. The van der Waals surface area contributed by atoms with Gasteiger partial charge in [0.1, 0.15) is 24.3 Å². The number of likely N-dealkylation sites (tertiary alicyclic amines) is 1. The Morgan fingerprint density at radius 3 is 1.92 bits per heavy atom. The number of ether oxygens (including phenoxy) is 3. The van der Waals surface area contributed by atoms with Crippen LogP contribution in [-0.4, -0.2) is 107 Å². The number of aliphatic hydroxyl groups is 1. The number of amides is 4. The Balaban J connectivity index is 1.22. The molecule has 4 N–H and O–H groups in total. The van der Waals surface area contributed by atoms with Gasteiger partial charge in [-0.1, -0.05) is 115 Å². The summed E-state index contributed by atoms with van der Waals surface area (Å²) in [4.78, 5) is 62.0. The molecule has 1 aliphatic heterocycles. The predicted molar refractivity (Wildman–Crippen MR) is 259 cm³/mol. The van der Waals surface area contributed by atoms with Gasteiger partial charge in [0.2, 0.25) is 17.7 Å². The molecule has 1 aromatic heterocycles. The van der Waals surface area contributed by atoms with Crippen molar-refractivity contribution >= 4 is 46.9 Å². The molecule has 4 amide bonds. The number of hydrogen-bond acceptors (Lipinski definition) is 11. The van der Waals surface area contributed by atoms with E-state index in [9.17, 15) is 19.5 Å². The maximum absolute atomic E-state index is 15.2. The van der Waals surface area contributed by atoms with Crippen LogP contribution in [0.15, 0.2) is 121 Å². The van der Waals surface area contributed by atoms with Gasteiger partial charge in [-0.25, -0.2) is 9.78 Å². The molecule has 0 bridgehead atoms. The smallest absolute Gasteiger partial charge is 0.407 e. The van der Waals surface area contributed by atoms with Crippen LogP contribution in [0, 0.1) is 6.92 Å². The van der Waals surface area contributed by atoms with Gasteiger partial charge in [-0.2, -0.15) is 0 Å². The summed E-state index contributed by atoms with van der Waals surface area (Å²) in [6, 6.07) is 35.8. The molecule has 2 heterocycles. The van der Waals surface area contributed by atoms with Gasteiger partial charge in [-0.05, 0) is 69.4 Å². The molecule has 3 atom stereocenters. The first-order valence-electron chi connectivity index (χ1n) is 22.1. The fraction of sp³-hybridized carbons (Fsp3) is 0.392. The standard InChI is InChI=1S/C51H61N5O8S2/c1-35-44(65-34-54-35)37-24-22-36(23-25-37)31-53-46(59)42-30-41(57)32-56(42)47(60)45(55-43(58)33-63-29-28-62-27-26-52-48(61)64-49(2,3)4)50(5,6)66-51(38-16-10-7-11-17-38,39-18-12-8-13-19-39)40-20-14-9-15-21-40/h7-25,34,41-42,45,57H,26-33H2,1-6H3,(H,52,61)(H,53,59)(H,55,58)/t41-,42+,45-/m1/s1. The van der Waals surface area contributed by atoms with Crippen LogP contribution in [0.1, 0.15) is 69.0 Å². The Labute approximate surface area is 396 Å². The van der Waals surface area contributed by atoms with Crippen LogP contribution in [0.5, 0.6) is 0 Å². The van der Waals surface area contributed by atoms with Gasteiger partial charge in [0.25, 0.3) is 0 Å². The van der Waals surface area contributed by atoms with Crippen LogP contribution in [0.25, 0.3) is 10.4 Å². The largest absolute Gasteiger partial charge is 0.444 e. The second kappa shape index (κ2) is 22.7. The number of thiazole rings is 1. The van der Waals surface area contributed by atoms with Gasteiger partial charge in [0.15, 0.2) is 0 Å². The maximum Gasteiger partial charge on any atom is 0.407 e. The summed E-state index contributed by atoms with van der Waals surface area (Å²) >= 11 is 3.09. The van der Waals surface area contributed by atoms with Gasteiger partial charge in [-0.3, -0.25) is 14.4 Å². The minimum Gasteiger partial charge on any atom is -0.444 e. The summed E-state index contributed by atoms with van der Waals surface area (Å²) in [6.45, 7) is 11.6. The van der Waals surface area contributed by atoms with Crippen molar-refractivity contribution in [1.82, 2.24) is 25.8 Å². The number of carbonyl (C=O) groups excluding carboxylic acids is 4. The minimum atomic E-state index is -1.20. The zero-order chi connectivity index (χ0) is 47.3. The van der Waals surface area contributed by atoms with Gasteiger partial charge >= 0.3 is 6.09 Å². The number of alkyl carbamates (subject to hydrolysis) is 1. The van der Waals surface area contributed by atoms with Crippen molar-refractivity contribution in [3.05, 3.63) is 149 Å². The molecule has 5 aromatic rings. The van der Waals surface area contributed by atoms with Crippen molar-refractivity contribution in [1.29, 1.82) is 0 Å². The van der Waals surface area contributed by atoms with E-state index in [1.54, 1.807) is 32.1 Å². The van der Waals surface area contributed by atoms with Gasteiger partial charge in [0, 0.05) is 30.8 Å². The Bertz CT molecular complexity index is 2260. The third-order valence-corrected chi connectivity index (χ3v) is 13.8. The first-order chi connectivity index (χ1) is 31.6. The second-order valence-electron chi connectivity index (χ2n) is 17.7.